The van der Waals surface area contributed by atoms with Crippen LogP contribution in [0.3, 0.4) is 0 Å². The first kappa shape index (κ1) is 22.3. The fourth-order valence-electron chi connectivity index (χ4n) is 3.83. The maximum Gasteiger partial charge on any atom is 0.242 e. The number of carbonyl (C=O) groups is 2. The maximum atomic E-state index is 13.5. The summed E-state index contributed by atoms with van der Waals surface area (Å²) in [6.07, 6.45) is 0.724. The van der Waals surface area contributed by atoms with E-state index in [1.807, 2.05) is 86.6 Å². The summed E-state index contributed by atoms with van der Waals surface area (Å²) in [7, 11) is 1.62. The molecular formula is C27H30N2O2. The molecule has 3 aromatic rings. The molecule has 0 heterocycles. The summed E-state index contributed by atoms with van der Waals surface area (Å²) in [4.78, 5) is 28.2. The van der Waals surface area contributed by atoms with Crippen LogP contribution in [0.15, 0.2) is 78.9 Å². The molecule has 0 unspecified atom stereocenters. The second kappa shape index (κ2) is 10.6. The molecule has 4 nitrogen and oxygen atoms in total. The number of hydrogen-bond donors (Lipinski definition) is 1. The van der Waals surface area contributed by atoms with Gasteiger partial charge in [-0.1, -0.05) is 90.0 Å². The molecule has 1 atom stereocenters. The first-order valence-electron chi connectivity index (χ1n) is 10.6. The van der Waals surface area contributed by atoms with Gasteiger partial charge in [0.25, 0.3) is 0 Å². The summed E-state index contributed by atoms with van der Waals surface area (Å²) >= 11 is 0. The van der Waals surface area contributed by atoms with Gasteiger partial charge in [-0.2, -0.15) is 0 Å². The van der Waals surface area contributed by atoms with Gasteiger partial charge in [-0.25, -0.2) is 0 Å². The van der Waals surface area contributed by atoms with Crippen LogP contribution in [0.4, 0.5) is 0 Å². The Hall–Kier alpha value is -3.40. The zero-order valence-corrected chi connectivity index (χ0v) is 18.5. The Morgan fingerprint density at radius 3 is 2.00 bits per heavy atom. The number of nitrogens with zero attached hydrogens (tertiary/aromatic N) is 1. The third kappa shape index (κ3) is 6.29. The highest BCUT2D eigenvalue weighted by Crippen LogP contribution is 2.17. The van der Waals surface area contributed by atoms with Gasteiger partial charge in [0.15, 0.2) is 0 Å². The summed E-state index contributed by atoms with van der Waals surface area (Å²) in [5.41, 5.74) is 5.23. The lowest BCUT2D eigenvalue weighted by molar-refractivity contribution is -0.140. The molecule has 0 fully saturated rings. The number of rotatable bonds is 8. The number of carbonyl (C=O) groups excluding carboxylic acids is 2. The normalized spacial score (nSPS) is 11.6. The lowest BCUT2D eigenvalue weighted by Crippen LogP contribution is -2.50. The van der Waals surface area contributed by atoms with E-state index in [4.69, 9.17) is 0 Å². The fraction of sp³-hybridized carbons (Fsp3) is 0.259. The van der Waals surface area contributed by atoms with Crippen LogP contribution < -0.4 is 5.32 Å². The van der Waals surface area contributed by atoms with Crippen molar-refractivity contribution in [1.29, 1.82) is 0 Å². The fourth-order valence-corrected chi connectivity index (χ4v) is 3.83. The lowest BCUT2D eigenvalue weighted by atomic mass is 10.0. The smallest absolute Gasteiger partial charge is 0.242 e. The van der Waals surface area contributed by atoms with E-state index in [9.17, 15) is 9.59 Å². The minimum atomic E-state index is -0.592. The Morgan fingerprint density at radius 2 is 1.39 bits per heavy atom. The highest BCUT2D eigenvalue weighted by molar-refractivity contribution is 5.88. The third-order valence-corrected chi connectivity index (χ3v) is 5.39. The molecule has 0 aliphatic heterocycles. The minimum Gasteiger partial charge on any atom is -0.357 e. The van der Waals surface area contributed by atoms with Gasteiger partial charge < -0.3 is 10.2 Å². The Morgan fingerprint density at radius 1 is 0.806 bits per heavy atom. The quantitative estimate of drug-likeness (QED) is 0.600. The Balaban J connectivity index is 1.94. The van der Waals surface area contributed by atoms with E-state index in [1.54, 1.807) is 11.9 Å². The van der Waals surface area contributed by atoms with Crippen molar-refractivity contribution in [3.05, 3.63) is 107 Å². The second-order valence-electron chi connectivity index (χ2n) is 8.00. The molecule has 0 aliphatic carbocycles. The van der Waals surface area contributed by atoms with Crippen molar-refractivity contribution in [2.45, 2.75) is 39.3 Å². The summed E-state index contributed by atoms with van der Waals surface area (Å²) in [5, 5.41) is 2.76. The van der Waals surface area contributed by atoms with Crippen molar-refractivity contribution >= 4 is 11.8 Å². The zero-order valence-electron chi connectivity index (χ0n) is 18.5. The van der Waals surface area contributed by atoms with Crippen molar-refractivity contribution < 1.29 is 9.59 Å². The highest BCUT2D eigenvalue weighted by Gasteiger charge is 2.29. The van der Waals surface area contributed by atoms with Gasteiger partial charge in [0.05, 0.1) is 6.42 Å². The van der Waals surface area contributed by atoms with E-state index < -0.39 is 6.04 Å². The monoisotopic (exact) mass is 414 g/mol. The van der Waals surface area contributed by atoms with E-state index in [0.29, 0.717) is 13.0 Å². The number of hydrogen-bond acceptors (Lipinski definition) is 2. The van der Waals surface area contributed by atoms with Crippen LogP contribution in [0.25, 0.3) is 0 Å². The van der Waals surface area contributed by atoms with Gasteiger partial charge in [0, 0.05) is 20.0 Å². The average Bonchev–Trinajstić information content (AvgIpc) is 2.76. The largest absolute Gasteiger partial charge is 0.357 e. The van der Waals surface area contributed by atoms with Crippen molar-refractivity contribution in [2.24, 2.45) is 0 Å². The molecular weight excluding hydrogens is 384 g/mol. The summed E-state index contributed by atoms with van der Waals surface area (Å²) < 4.78 is 0. The Bertz CT molecular complexity index is 1030. The van der Waals surface area contributed by atoms with Crippen molar-refractivity contribution in [1.82, 2.24) is 10.2 Å². The van der Waals surface area contributed by atoms with Crippen LogP contribution in [0.2, 0.25) is 0 Å². The molecule has 0 saturated carbocycles. The molecule has 0 radical (unpaired) electrons. The van der Waals surface area contributed by atoms with Gasteiger partial charge in [0.1, 0.15) is 6.04 Å². The van der Waals surface area contributed by atoms with Crippen LogP contribution in [0.1, 0.15) is 27.8 Å². The minimum absolute atomic E-state index is 0.0587. The molecule has 3 rings (SSSR count). The predicted molar refractivity (Wildman–Crippen MR) is 125 cm³/mol. The molecule has 0 saturated heterocycles. The number of benzene rings is 3. The van der Waals surface area contributed by atoms with E-state index in [1.165, 1.54) is 0 Å². The second-order valence-corrected chi connectivity index (χ2v) is 8.00. The summed E-state index contributed by atoms with van der Waals surface area (Å²) in [5.74, 6) is -0.217. The molecule has 4 heteroatoms. The first-order chi connectivity index (χ1) is 15.0. The van der Waals surface area contributed by atoms with Gasteiger partial charge in [-0.05, 0) is 30.5 Å². The van der Waals surface area contributed by atoms with Crippen LogP contribution in [0, 0.1) is 13.8 Å². The van der Waals surface area contributed by atoms with Crippen LogP contribution in [0.5, 0.6) is 0 Å². The molecule has 2 amide bonds. The average molecular weight is 415 g/mol. The zero-order chi connectivity index (χ0) is 22.2. The van der Waals surface area contributed by atoms with E-state index >= 15 is 0 Å². The van der Waals surface area contributed by atoms with E-state index in [0.717, 1.165) is 27.8 Å². The molecule has 0 aromatic heterocycles. The maximum absolute atomic E-state index is 13.5. The molecule has 31 heavy (non-hydrogen) atoms. The number of likely N-dealkylation sites (N-methyl/N-ethyl adjacent to an activating group) is 1. The van der Waals surface area contributed by atoms with Crippen molar-refractivity contribution in [2.75, 3.05) is 7.05 Å². The number of nitrogens with one attached hydrogen (secondary N) is 1. The van der Waals surface area contributed by atoms with Crippen LogP contribution in [-0.2, 0) is 29.0 Å². The van der Waals surface area contributed by atoms with Gasteiger partial charge in [-0.3, -0.25) is 9.59 Å². The molecule has 3 aromatic carbocycles. The van der Waals surface area contributed by atoms with Crippen molar-refractivity contribution in [3.8, 4) is 0 Å². The van der Waals surface area contributed by atoms with E-state index in [2.05, 4.69) is 11.4 Å². The molecule has 160 valence electrons. The first-order valence-corrected chi connectivity index (χ1v) is 10.6. The predicted octanol–water partition coefficient (Wildman–Crippen LogP) is 4.23. The number of aryl methyl sites for hydroxylation is 2. The Labute approximate surface area is 184 Å². The molecule has 0 bridgehead atoms. The number of amides is 2. The van der Waals surface area contributed by atoms with Gasteiger partial charge in [0.2, 0.25) is 11.8 Å². The topological polar surface area (TPSA) is 49.4 Å². The standard InChI is InChI=1S/C27H30N2O2/c1-20-9-7-13-23(15-20)18-26(30)29(19-24-14-8-10-21(2)16-24)25(27(31)28-3)17-22-11-5-4-6-12-22/h4-16,25H,17-19H2,1-3H3,(H,28,31)/t25-/m1/s1. The van der Waals surface area contributed by atoms with E-state index in [-0.39, 0.29) is 18.2 Å². The molecule has 0 spiro atoms. The lowest BCUT2D eigenvalue weighted by Gasteiger charge is -2.31. The summed E-state index contributed by atoms with van der Waals surface area (Å²) in [6.45, 7) is 4.43. The van der Waals surface area contributed by atoms with Crippen molar-refractivity contribution in [3.63, 3.8) is 0 Å². The van der Waals surface area contributed by atoms with Crippen LogP contribution >= 0.6 is 0 Å². The SMILES string of the molecule is CNC(=O)[C@@H](Cc1ccccc1)N(Cc1cccc(C)c1)C(=O)Cc1cccc(C)c1. The third-order valence-electron chi connectivity index (χ3n) is 5.39. The molecule has 1 N–H and O–H groups in total. The highest BCUT2D eigenvalue weighted by atomic mass is 16.2. The van der Waals surface area contributed by atoms with Gasteiger partial charge >= 0.3 is 0 Å². The van der Waals surface area contributed by atoms with Gasteiger partial charge in [-0.15, -0.1) is 0 Å². The molecule has 0 aliphatic rings. The summed E-state index contributed by atoms with van der Waals surface area (Å²) in [6, 6.07) is 25.3. The van der Waals surface area contributed by atoms with Crippen LogP contribution in [-0.4, -0.2) is 29.8 Å². The Kier molecular flexibility index (Phi) is 7.60.